The SMILES string of the molecule is COCC(=O)C[C@H](C1=Cc2cccnc2[C@@H](N2CCN(C(=O)OC(C)C)CC2)c2ccc(C)cc21)c1cncn1C.Cc1ccc2c(c1)C([C@@H](CC(=O)OC1(C)CC1)c1cncn1C)=Cc1cccnc1[C@H]2N1CCN(C(=O)OC2(C)CC2)CC1.N#Cc1ccc(Cn2cncc2CN[C@H]2CCCCN(Cc3cccc(Br)c3)C2=O)cc1. The maximum absolute atomic E-state index is 13.4. The molecule has 0 bridgehead atoms. The molecule has 1 N–H and O–H groups in total. The van der Waals surface area contributed by atoms with Crippen molar-refractivity contribution in [2.24, 2.45) is 14.1 Å². The third-order valence-corrected chi connectivity index (χ3v) is 23.9. The largest absolute Gasteiger partial charge is 0.459 e. The van der Waals surface area contributed by atoms with E-state index in [9.17, 15) is 24.0 Å². The summed E-state index contributed by atoms with van der Waals surface area (Å²) in [6, 6.07) is 38.8. The number of hydrogen-bond donors (Lipinski definition) is 1. The summed E-state index contributed by atoms with van der Waals surface area (Å²) >= 11 is 3.52. The van der Waals surface area contributed by atoms with Gasteiger partial charge >= 0.3 is 18.2 Å². The summed E-state index contributed by atoms with van der Waals surface area (Å²) in [5.74, 6) is -0.479. The summed E-state index contributed by atoms with van der Waals surface area (Å²) < 4.78 is 29.5. The molecule has 24 nitrogen and oxygen atoms in total. The lowest BCUT2D eigenvalue weighted by Gasteiger charge is -2.39. The topological polar surface area (TPSA) is 254 Å². The molecule has 4 aliphatic carbocycles. The van der Waals surface area contributed by atoms with Crippen molar-refractivity contribution >= 4 is 69.1 Å². The normalized spacial score (nSPS) is 19.1. The van der Waals surface area contributed by atoms with E-state index in [2.05, 4.69) is 143 Å². The lowest BCUT2D eigenvalue weighted by molar-refractivity contribution is -0.150. The van der Waals surface area contributed by atoms with Crippen molar-refractivity contribution in [3.63, 3.8) is 0 Å². The van der Waals surface area contributed by atoms with Crippen LogP contribution >= 0.6 is 15.9 Å². The average molecular weight is 1650 g/mol. The molecule has 3 aliphatic heterocycles. The first-order chi connectivity index (χ1) is 56.5. The van der Waals surface area contributed by atoms with Gasteiger partial charge in [-0.05, 0) is 191 Å². The highest BCUT2D eigenvalue weighted by atomic mass is 79.9. The fourth-order valence-electron chi connectivity index (χ4n) is 16.6. The van der Waals surface area contributed by atoms with Crippen molar-refractivity contribution in [2.75, 3.05) is 72.6 Å². The van der Waals surface area contributed by atoms with E-state index >= 15 is 0 Å². The number of ketones is 1. The summed E-state index contributed by atoms with van der Waals surface area (Å²) in [7, 11) is 5.49. The van der Waals surface area contributed by atoms with Gasteiger partial charge in [-0.3, -0.25) is 34.2 Å². The van der Waals surface area contributed by atoms with E-state index in [1.54, 1.807) is 24.7 Å². The first kappa shape index (κ1) is 82.8. The Morgan fingerprint density at radius 3 is 1.71 bits per heavy atom. The molecule has 25 heteroatoms. The Kier molecular flexibility index (Phi) is 26.0. The van der Waals surface area contributed by atoms with Gasteiger partial charge in [-0.1, -0.05) is 99.9 Å². The second-order valence-electron chi connectivity index (χ2n) is 32.8. The molecule has 16 rings (SSSR count). The molecule has 9 aromatic rings. The summed E-state index contributed by atoms with van der Waals surface area (Å²) in [5, 5.41) is 12.5. The van der Waals surface area contributed by atoms with Crippen LogP contribution < -0.4 is 5.32 Å². The molecule has 3 amide bonds. The third-order valence-electron chi connectivity index (χ3n) is 23.4. The zero-order chi connectivity index (χ0) is 82.1. The summed E-state index contributed by atoms with van der Waals surface area (Å²) in [5.41, 5.74) is 18.1. The molecule has 0 spiro atoms. The molecule has 3 saturated heterocycles. The predicted molar refractivity (Wildman–Crippen MR) is 451 cm³/mol. The number of piperazine rings is 2. The molecule has 0 radical (unpaired) electrons. The molecule has 610 valence electrons. The number of rotatable bonds is 22. The van der Waals surface area contributed by atoms with Gasteiger partial charge in [0.25, 0.3) is 0 Å². The van der Waals surface area contributed by atoms with Crippen molar-refractivity contribution in [2.45, 2.75) is 166 Å². The average Bonchev–Trinajstić information content (AvgIpc) is 1.63. The van der Waals surface area contributed by atoms with Gasteiger partial charge in [-0.15, -0.1) is 0 Å². The van der Waals surface area contributed by atoms with Crippen LogP contribution in [0.25, 0.3) is 23.3 Å². The number of aromatic nitrogens is 8. The van der Waals surface area contributed by atoms with Crippen LogP contribution in [0.2, 0.25) is 0 Å². The highest BCUT2D eigenvalue weighted by Crippen LogP contribution is 2.49. The molecule has 5 atom stereocenters. The quantitative estimate of drug-likeness (QED) is 0.0489. The number of fused-ring (bicyclic) bond motifs is 4. The molecular formula is C92H106BrN15O9. The number of Topliss-reactive ketones (excluding diaryl/α,β-unsaturated/α-hetero) is 1. The van der Waals surface area contributed by atoms with Gasteiger partial charge < -0.3 is 52.7 Å². The first-order valence-electron chi connectivity index (χ1n) is 40.9. The van der Waals surface area contributed by atoms with Crippen molar-refractivity contribution < 1.29 is 42.9 Å². The van der Waals surface area contributed by atoms with Gasteiger partial charge in [0, 0.05) is 165 Å². The standard InChI is InChI=1S/C35H41N5O4.C32H39N5O4.C25H26BrN5O/c1-23-7-8-25-26(18-23)27(28(29-21-36-22-38(29)4)20-30(41)43-34(2)9-10-34)19-24-6-5-13-37-31(24)32(25)39-14-16-40(17-15-39)33(42)44-35(3)11-12-35;1-21(2)41-32(39)37-13-11-36(12-14-37)31-25-9-8-22(3)15-26(25)27(16-23-7-6-10-34-30(23)31)28(17-24(38)19-40-5)29-18-33-20-35(29)4;26-22-5-3-4-21(12-22)17-30-11-2-1-6-24(25(30)32)29-15-23-14-28-18-31(23)16-20-9-7-19(13-27)8-10-20/h5-8,13,18-19,21-22,28,32H,9-12,14-17,20H2,1-4H3;6-10,15-16,18,20-21,28,31H,11-14,17,19H2,1-5H3;3-5,7-10,12,14,18,24,29H,1-2,6,11,15-17H2/t28-,32+;28-,31+;24-/m110/s1. The van der Waals surface area contributed by atoms with Gasteiger partial charge in [0.05, 0.1) is 78.3 Å². The van der Waals surface area contributed by atoms with Crippen molar-refractivity contribution in [3.05, 3.63) is 253 Å². The van der Waals surface area contributed by atoms with Crippen molar-refractivity contribution in [1.29, 1.82) is 5.26 Å². The minimum atomic E-state index is -0.340. The lowest BCUT2D eigenvalue weighted by Crippen LogP contribution is -2.50. The van der Waals surface area contributed by atoms with Crippen LogP contribution in [-0.2, 0) is 67.1 Å². The number of halogens is 1. The molecule has 117 heavy (non-hydrogen) atoms. The van der Waals surface area contributed by atoms with Crippen LogP contribution in [0.1, 0.15) is 199 Å². The number of likely N-dealkylation sites (tertiary alicyclic amines) is 1. The van der Waals surface area contributed by atoms with Crippen LogP contribution in [0.4, 0.5) is 9.59 Å². The molecule has 7 aliphatic rings. The first-order valence-corrected chi connectivity index (χ1v) is 41.7. The number of nitrogens with one attached hydrogen (secondary N) is 1. The van der Waals surface area contributed by atoms with E-state index in [0.717, 1.165) is 151 Å². The van der Waals surface area contributed by atoms with Crippen molar-refractivity contribution in [1.82, 2.24) is 68.4 Å². The summed E-state index contributed by atoms with van der Waals surface area (Å²) in [4.78, 5) is 98.6. The number of methoxy groups -OCH3 is 1. The Morgan fingerprint density at radius 2 is 1.18 bits per heavy atom. The Balaban J connectivity index is 0.000000146. The number of hydrogen-bond acceptors (Lipinski definition) is 18. The Morgan fingerprint density at radius 1 is 0.624 bits per heavy atom. The highest BCUT2D eigenvalue weighted by Gasteiger charge is 2.46. The number of benzene rings is 4. The van der Waals surface area contributed by atoms with Gasteiger partial charge in [-0.2, -0.15) is 5.26 Å². The number of nitriles is 1. The number of carbonyl (C=O) groups is 5. The van der Waals surface area contributed by atoms with E-state index < -0.39 is 0 Å². The minimum absolute atomic E-state index is 0.0328. The Hall–Kier alpha value is -10.8. The molecule has 2 saturated carbocycles. The molecule has 0 unspecified atom stereocenters. The maximum Gasteiger partial charge on any atom is 0.410 e. The predicted octanol–water partition coefficient (Wildman–Crippen LogP) is 14.5. The van der Waals surface area contributed by atoms with E-state index in [1.807, 2.05) is 147 Å². The number of esters is 1. The summed E-state index contributed by atoms with van der Waals surface area (Å²) in [6.45, 7) is 19.8. The number of pyridine rings is 2. The van der Waals surface area contributed by atoms with Crippen LogP contribution in [0.3, 0.4) is 0 Å². The van der Waals surface area contributed by atoms with Crippen molar-refractivity contribution in [3.8, 4) is 6.07 Å². The highest BCUT2D eigenvalue weighted by molar-refractivity contribution is 9.10. The number of imidazole rings is 3. The smallest absolute Gasteiger partial charge is 0.410 e. The lowest BCUT2D eigenvalue weighted by atomic mass is 9.82. The van der Waals surface area contributed by atoms with Gasteiger partial charge in [0.15, 0.2) is 5.78 Å². The minimum Gasteiger partial charge on any atom is -0.459 e. The zero-order valence-corrected chi connectivity index (χ0v) is 70.1. The molecule has 5 aromatic heterocycles. The number of aryl methyl sites for hydroxylation is 4. The van der Waals surface area contributed by atoms with Crippen LogP contribution in [0.5, 0.6) is 0 Å². The number of carbonyl (C=O) groups excluding carboxylic acids is 5. The number of amides is 3. The van der Waals surface area contributed by atoms with Gasteiger partial charge in [0.1, 0.15) is 17.8 Å². The second kappa shape index (κ2) is 36.8. The number of nitrogens with zero attached hydrogens (tertiary/aromatic N) is 14. The third kappa shape index (κ3) is 20.1. The monoisotopic (exact) mass is 1640 g/mol. The van der Waals surface area contributed by atoms with Gasteiger partial charge in [0.2, 0.25) is 5.91 Å². The fraction of sp³-hybridized carbons (Fsp3) is 0.424. The molecule has 4 aromatic carbocycles. The van der Waals surface area contributed by atoms with E-state index in [0.29, 0.717) is 84.0 Å². The fourth-order valence-corrected chi connectivity index (χ4v) is 17.0. The second-order valence-corrected chi connectivity index (χ2v) is 33.8. The zero-order valence-electron chi connectivity index (χ0n) is 68.5. The van der Waals surface area contributed by atoms with E-state index in [4.69, 9.17) is 34.2 Å². The van der Waals surface area contributed by atoms with Crippen LogP contribution in [0, 0.1) is 25.2 Å². The van der Waals surface area contributed by atoms with Crippen LogP contribution in [-0.4, -0.2) is 189 Å². The Labute approximate surface area is 694 Å². The van der Waals surface area contributed by atoms with E-state index in [-0.39, 0.29) is 90.1 Å². The number of ether oxygens (including phenoxy) is 4. The molecular weight excluding hydrogens is 1540 g/mol. The molecule has 8 heterocycles. The number of allylic oxidation sites excluding steroid dienone is 2. The Bertz CT molecular complexity index is 5170. The van der Waals surface area contributed by atoms with E-state index in [1.165, 1.54) is 0 Å². The van der Waals surface area contributed by atoms with Gasteiger partial charge in [-0.25, -0.2) is 24.5 Å². The molecule has 5 fully saturated rings. The van der Waals surface area contributed by atoms with Crippen LogP contribution in [0.15, 0.2) is 164 Å². The maximum atomic E-state index is 13.4. The summed E-state index contributed by atoms with van der Waals surface area (Å²) in [6.07, 6.45) is 25.5.